The predicted molar refractivity (Wildman–Crippen MR) is 61.7 cm³/mol. The fourth-order valence-electron chi connectivity index (χ4n) is 1.75. The summed E-state index contributed by atoms with van der Waals surface area (Å²) in [5.74, 6) is 0.175. The van der Waals surface area contributed by atoms with Crippen LogP contribution in [0.25, 0.3) is 0 Å². The summed E-state index contributed by atoms with van der Waals surface area (Å²) in [5.41, 5.74) is 1.10. The lowest BCUT2D eigenvalue weighted by Crippen LogP contribution is -2.38. The molecule has 0 unspecified atom stereocenters. The molecule has 1 heterocycles. The normalized spacial score (nSPS) is 14.8. The van der Waals surface area contributed by atoms with E-state index in [0.717, 1.165) is 18.4 Å². The molecule has 1 aromatic rings. The Bertz CT molecular complexity index is 349. The Balaban J connectivity index is 2.00. The number of aromatic nitrogens is 1. The average molecular weight is 219 g/mol. The number of hydrogen-bond acceptors (Lipinski definition) is 3. The van der Waals surface area contributed by atoms with Crippen molar-refractivity contribution in [1.82, 2.24) is 15.2 Å². The van der Waals surface area contributed by atoms with Gasteiger partial charge in [-0.25, -0.2) is 0 Å². The van der Waals surface area contributed by atoms with Gasteiger partial charge in [0, 0.05) is 25.0 Å². The minimum Gasteiger partial charge on any atom is -0.334 e. The molecule has 1 aliphatic rings. The molecule has 16 heavy (non-hydrogen) atoms. The summed E-state index contributed by atoms with van der Waals surface area (Å²) < 4.78 is 0. The molecule has 0 saturated heterocycles. The lowest BCUT2D eigenvalue weighted by Gasteiger charge is -2.22. The molecule has 0 aromatic carbocycles. The minimum atomic E-state index is 0.175. The molecule has 4 heteroatoms. The van der Waals surface area contributed by atoms with Gasteiger partial charge < -0.3 is 10.2 Å². The fourth-order valence-corrected chi connectivity index (χ4v) is 1.75. The number of carbonyl (C=O) groups excluding carboxylic acids is 1. The van der Waals surface area contributed by atoms with Gasteiger partial charge in [-0.1, -0.05) is 6.07 Å². The maximum absolute atomic E-state index is 11.9. The largest absolute Gasteiger partial charge is 0.334 e. The predicted octanol–water partition coefficient (Wildman–Crippen LogP) is 0.792. The van der Waals surface area contributed by atoms with E-state index in [4.69, 9.17) is 0 Å². The molecule has 1 saturated carbocycles. The summed E-state index contributed by atoms with van der Waals surface area (Å²) in [6.45, 7) is 1.09. The van der Waals surface area contributed by atoms with Crippen molar-refractivity contribution >= 4 is 5.91 Å². The highest BCUT2D eigenvalue weighted by molar-refractivity contribution is 5.78. The first-order valence-electron chi connectivity index (χ1n) is 5.64. The molecule has 1 aliphatic carbocycles. The van der Waals surface area contributed by atoms with Gasteiger partial charge in [-0.3, -0.25) is 9.78 Å². The third kappa shape index (κ3) is 2.79. The van der Waals surface area contributed by atoms with E-state index in [1.165, 1.54) is 0 Å². The monoisotopic (exact) mass is 219 g/mol. The highest BCUT2D eigenvalue weighted by Gasteiger charge is 2.31. The second kappa shape index (κ2) is 5.07. The number of pyridine rings is 1. The molecule has 0 aliphatic heterocycles. The van der Waals surface area contributed by atoms with Crippen LogP contribution >= 0.6 is 0 Å². The van der Waals surface area contributed by atoms with Crippen LogP contribution in [-0.2, 0) is 11.3 Å². The standard InChI is InChI=1S/C12H17N3O/c1-13-8-12(16)15(11-4-5-11)9-10-3-2-6-14-7-10/h2-3,6-7,11,13H,4-5,8-9H2,1H3. The number of carbonyl (C=O) groups is 1. The molecule has 1 N–H and O–H groups in total. The molecule has 2 rings (SSSR count). The summed E-state index contributed by atoms with van der Waals surface area (Å²) in [6.07, 6.45) is 5.84. The smallest absolute Gasteiger partial charge is 0.237 e. The second-order valence-electron chi connectivity index (χ2n) is 4.14. The molecule has 0 bridgehead atoms. The maximum Gasteiger partial charge on any atom is 0.237 e. The van der Waals surface area contributed by atoms with Crippen LogP contribution in [0.4, 0.5) is 0 Å². The third-order valence-electron chi connectivity index (χ3n) is 2.71. The van der Waals surface area contributed by atoms with Crippen LogP contribution in [0.5, 0.6) is 0 Å². The van der Waals surface area contributed by atoms with Gasteiger partial charge >= 0.3 is 0 Å². The van der Waals surface area contributed by atoms with E-state index in [-0.39, 0.29) is 5.91 Å². The Morgan fingerprint density at radius 3 is 3.00 bits per heavy atom. The van der Waals surface area contributed by atoms with Crippen molar-refractivity contribution in [2.45, 2.75) is 25.4 Å². The zero-order valence-electron chi connectivity index (χ0n) is 9.52. The van der Waals surface area contributed by atoms with Crippen molar-refractivity contribution in [3.05, 3.63) is 30.1 Å². The number of rotatable bonds is 5. The number of likely N-dealkylation sites (N-methyl/N-ethyl adjacent to an activating group) is 1. The number of hydrogen-bond donors (Lipinski definition) is 1. The highest BCUT2D eigenvalue weighted by atomic mass is 16.2. The first-order valence-corrected chi connectivity index (χ1v) is 5.64. The molecule has 1 amide bonds. The molecule has 0 spiro atoms. The lowest BCUT2D eigenvalue weighted by atomic mass is 10.2. The van der Waals surface area contributed by atoms with E-state index in [9.17, 15) is 4.79 Å². The molecule has 86 valence electrons. The molecule has 1 aromatic heterocycles. The minimum absolute atomic E-state index is 0.175. The highest BCUT2D eigenvalue weighted by Crippen LogP contribution is 2.28. The van der Waals surface area contributed by atoms with Gasteiger partial charge in [-0.05, 0) is 31.5 Å². The van der Waals surface area contributed by atoms with Gasteiger partial charge in [0.05, 0.1) is 6.54 Å². The summed E-state index contributed by atoms with van der Waals surface area (Å²) in [4.78, 5) is 17.9. The van der Waals surface area contributed by atoms with Gasteiger partial charge in [0.25, 0.3) is 0 Å². The zero-order chi connectivity index (χ0) is 11.4. The Morgan fingerprint density at radius 1 is 1.62 bits per heavy atom. The van der Waals surface area contributed by atoms with Gasteiger partial charge in [-0.2, -0.15) is 0 Å². The van der Waals surface area contributed by atoms with Crippen LogP contribution in [0.1, 0.15) is 18.4 Å². The Labute approximate surface area is 95.7 Å². The van der Waals surface area contributed by atoms with Crippen molar-refractivity contribution in [2.75, 3.05) is 13.6 Å². The van der Waals surface area contributed by atoms with Crippen LogP contribution < -0.4 is 5.32 Å². The summed E-state index contributed by atoms with van der Waals surface area (Å²) in [7, 11) is 1.80. The molecule has 4 nitrogen and oxygen atoms in total. The van der Waals surface area contributed by atoms with Crippen molar-refractivity contribution < 1.29 is 4.79 Å². The lowest BCUT2D eigenvalue weighted by molar-refractivity contribution is -0.131. The SMILES string of the molecule is CNCC(=O)N(Cc1cccnc1)C1CC1. The molecular formula is C12H17N3O. The van der Waals surface area contributed by atoms with Crippen LogP contribution in [0.15, 0.2) is 24.5 Å². The Kier molecular flexibility index (Phi) is 3.51. The van der Waals surface area contributed by atoms with Crippen molar-refractivity contribution in [2.24, 2.45) is 0 Å². The fraction of sp³-hybridized carbons (Fsp3) is 0.500. The van der Waals surface area contributed by atoms with Gasteiger partial charge in [-0.15, -0.1) is 0 Å². The Hall–Kier alpha value is -1.42. The van der Waals surface area contributed by atoms with E-state index in [1.807, 2.05) is 23.2 Å². The van der Waals surface area contributed by atoms with Crippen LogP contribution in [0.3, 0.4) is 0 Å². The van der Waals surface area contributed by atoms with Crippen molar-refractivity contribution in [3.8, 4) is 0 Å². The van der Waals surface area contributed by atoms with E-state index in [2.05, 4.69) is 10.3 Å². The first-order chi connectivity index (χ1) is 7.81. The topological polar surface area (TPSA) is 45.2 Å². The Morgan fingerprint density at radius 2 is 2.44 bits per heavy atom. The third-order valence-corrected chi connectivity index (χ3v) is 2.71. The van der Waals surface area contributed by atoms with Gasteiger partial charge in [0.15, 0.2) is 0 Å². The molecule has 0 atom stereocenters. The van der Waals surface area contributed by atoms with Crippen LogP contribution in [0.2, 0.25) is 0 Å². The maximum atomic E-state index is 11.9. The van der Waals surface area contributed by atoms with Gasteiger partial charge in [0.1, 0.15) is 0 Å². The van der Waals surface area contributed by atoms with Crippen molar-refractivity contribution in [3.63, 3.8) is 0 Å². The van der Waals surface area contributed by atoms with E-state index in [1.54, 1.807) is 13.2 Å². The number of nitrogens with zero attached hydrogens (tertiary/aromatic N) is 2. The quantitative estimate of drug-likeness (QED) is 0.796. The van der Waals surface area contributed by atoms with Crippen LogP contribution in [-0.4, -0.2) is 35.4 Å². The average Bonchev–Trinajstić information content (AvgIpc) is 3.11. The van der Waals surface area contributed by atoms with E-state index in [0.29, 0.717) is 19.1 Å². The second-order valence-corrected chi connectivity index (χ2v) is 4.14. The van der Waals surface area contributed by atoms with E-state index < -0.39 is 0 Å². The first kappa shape index (κ1) is 11.1. The van der Waals surface area contributed by atoms with E-state index >= 15 is 0 Å². The van der Waals surface area contributed by atoms with Crippen molar-refractivity contribution in [1.29, 1.82) is 0 Å². The molecule has 0 radical (unpaired) electrons. The summed E-state index contributed by atoms with van der Waals surface area (Å²) in [6, 6.07) is 4.36. The summed E-state index contributed by atoms with van der Waals surface area (Å²) >= 11 is 0. The zero-order valence-corrected chi connectivity index (χ0v) is 9.52. The van der Waals surface area contributed by atoms with Gasteiger partial charge in [0.2, 0.25) is 5.91 Å². The number of amides is 1. The van der Waals surface area contributed by atoms with Crippen LogP contribution in [0, 0.1) is 0 Å². The molecular weight excluding hydrogens is 202 g/mol. The summed E-state index contributed by atoms with van der Waals surface area (Å²) in [5, 5.41) is 2.91. The molecule has 1 fully saturated rings. The number of nitrogens with one attached hydrogen (secondary N) is 1.